The molecule has 1 heterocycles. The van der Waals surface area contributed by atoms with Gasteiger partial charge in [-0.1, -0.05) is 0 Å². The summed E-state index contributed by atoms with van der Waals surface area (Å²) in [5, 5.41) is 0. The quantitative estimate of drug-likeness (QED) is 0.868. The Bertz CT molecular complexity index is 359. The molecular formula is C14H23ClN2O2. The second-order valence-electron chi connectivity index (χ2n) is 4.60. The highest BCUT2D eigenvalue weighted by molar-refractivity contribution is 5.85. The number of likely N-dealkylation sites (tertiary alicyclic amines) is 1. The van der Waals surface area contributed by atoms with Crippen LogP contribution < -0.4 is 15.2 Å². The van der Waals surface area contributed by atoms with Crippen molar-refractivity contribution in [3.05, 3.63) is 24.3 Å². The van der Waals surface area contributed by atoms with Gasteiger partial charge < -0.3 is 15.2 Å². The van der Waals surface area contributed by atoms with Gasteiger partial charge in [0.15, 0.2) is 0 Å². The van der Waals surface area contributed by atoms with E-state index in [1.807, 2.05) is 31.2 Å². The summed E-state index contributed by atoms with van der Waals surface area (Å²) < 4.78 is 11.1. The van der Waals surface area contributed by atoms with E-state index in [2.05, 4.69) is 4.90 Å². The standard InChI is InChI=1S/C14H22N2O2.ClH/c1-2-17-13-3-5-14(6-4-13)18-10-9-16-8-7-12(15)11-16;/h3-6,12H,2,7-11,15H2,1H3;1H/t12-;/m1./s1. The number of nitrogens with two attached hydrogens (primary N) is 1. The summed E-state index contributed by atoms with van der Waals surface area (Å²) in [6.07, 6.45) is 1.10. The topological polar surface area (TPSA) is 47.7 Å². The summed E-state index contributed by atoms with van der Waals surface area (Å²) in [5.74, 6) is 1.78. The van der Waals surface area contributed by atoms with Crippen LogP contribution in [-0.2, 0) is 0 Å². The molecule has 1 atom stereocenters. The number of ether oxygens (including phenoxy) is 2. The maximum atomic E-state index is 5.86. The molecule has 19 heavy (non-hydrogen) atoms. The van der Waals surface area contributed by atoms with Gasteiger partial charge in [-0.2, -0.15) is 0 Å². The van der Waals surface area contributed by atoms with Gasteiger partial charge in [-0.25, -0.2) is 0 Å². The Balaban J connectivity index is 0.00000180. The third-order valence-electron chi connectivity index (χ3n) is 3.12. The van der Waals surface area contributed by atoms with Crippen LogP contribution in [0.1, 0.15) is 13.3 Å². The van der Waals surface area contributed by atoms with Crippen molar-refractivity contribution in [2.45, 2.75) is 19.4 Å². The van der Waals surface area contributed by atoms with Crippen LogP contribution in [0, 0.1) is 0 Å². The Labute approximate surface area is 121 Å². The van der Waals surface area contributed by atoms with E-state index in [0.29, 0.717) is 19.3 Å². The zero-order chi connectivity index (χ0) is 12.8. The average molecular weight is 287 g/mol. The minimum absolute atomic E-state index is 0. The van der Waals surface area contributed by atoms with Crippen LogP contribution in [0.2, 0.25) is 0 Å². The molecule has 1 aromatic rings. The highest BCUT2D eigenvalue weighted by Gasteiger charge is 2.18. The van der Waals surface area contributed by atoms with E-state index in [9.17, 15) is 0 Å². The molecule has 0 aliphatic carbocycles. The first-order valence-corrected chi connectivity index (χ1v) is 6.61. The Hall–Kier alpha value is -0.970. The first-order valence-electron chi connectivity index (χ1n) is 6.61. The molecule has 2 N–H and O–H groups in total. The highest BCUT2D eigenvalue weighted by Crippen LogP contribution is 2.17. The molecule has 0 spiro atoms. The lowest BCUT2D eigenvalue weighted by molar-refractivity contribution is 0.236. The average Bonchev–Trinajstić information content (AvgIpc) is 2.78. The number of hydrogen-bond acceptors (Lipinski definition) is 4. The van der Waals surface area contributed by atoms with Crippen LogP contribution in [0.3, 0.4) is 0 Å². The van der Waals surface area contributed by atoms with Crippen molar-refractivity contribution < 1.29 is 9.47 Å². The Morgan fingerprint density at radius 3 is 2.37 bits per heavy atom. The zero-order valence-electron chi connectivity index (χ0n) is 11.4. The van der Waals surface area contributed by atoms with E-state index in [1.54, 1.807) is 0 Å². The number of benzene rings is 1. The fourth-order valence-electron chi connectivity index (χ4n) is 2.16. The van der Waals surface area contributed by atoms with E-state index < -0.39 is 0 Å². The van der Waals surface area contributed by atoms with Crippen molar-refractivity contribution in [2.75, 3.05) is 32.8 Å². The maximum Gasteiger partial charge on any atom is 0.119 e. The summed E-state index contributed by atoms with van der Waals surface area (Å²) in [4.78, 5) is 2.35. The molecule has 0 bridgehead atoms. The number of halogens is 1. The van der Waals surface area contributed by atoms with E-state index in [1.165, 1.54) is 0 Å². The van der Waals surface area contributed by atoms with Gasteiger partial charge in [-0.15, -0.1) is 12.4 Å². The summed E-state index contributed by atoms with van der Waals surface area (Å²) in [6, 6.07) is 8.10. The summed E-state index contributed by atoms with van der Waals surface area (Å²) in [5.41, 5.74) is 5.86. The normalized spacial score (nSPS) is 18.9. The smallest absolute Gasteiger partial charge is 0.119 e. The van der Waals surface area contributed by atoms with Crippen LogP contribution in [0.25, 0.3) is 0 Å². The number of nitrogens with zero attached hydrogens (tertiary/aromatic N) is 1. The minimum Gasteiger partial charge on any atom is -0.494 e. The van der Waals surface area contributed by atoms with Gasteiger partial charge in [0.25, 0.3) is 0 Å². The molecule has 108 valence electrons. The molecule has 1 saturated heterocycles. The fraction of sp³-hybridized carbons (Fsp3) is 0.571. The van der Waals surface area contributed by atoms with E-state index in [0.717, 1.165) is 37.6 Å². The van der Waals surface area contributed by atoms with Gasteiger partial charge >= 0.3 is 0 Å². The summed E-state index contributed by atoms with van der Waals surface area (Å²) >= 11 is 0. The Kier molecular flexibility index (Phi) is 6.99. The molecule has 0 radical (unpaired) electrons. The molecule has 0 saturated carbocycles. The molecule has 0 aromatic heterocycles. The molecule has 1 aromatic carbocycles. The molecular weight excluding hydrogens is 264 g/mol. The van der Waals surface area contributed by atoms with Gasteiger partial charge in [0.05, 0.1) is 6.61 Å². The predicted molar refractivity (Wildman–Crippen MR) is 79.4 cm³/mol. The van der Waals surface area contributed by atoms with Crippen LogP contribution in [0.5, 0.6) is 11.5 Å². The van der Waals surface area contributed by atoms with Crippen molar-refractivity contribution >= 4 is 12.4 Å². The van der Waals surface area contributed by atoms with Crippen LogP contribution in [0.4, 0.5) is 0 Å². The Morgan fingerprint density at radius 1 is 1.21 bits per heavy atom. The van der Waals surface area contributed by atoms with Crippen LogP contribution in [-0.4, -0.2) is 43.8 Å². The monoisotopic (exact) mass is 286 g/mol. The van der Waals surface area contributed by atoms with Crippen molar-refractivity contribution in [3.63, 3.8) is 0 Å². The lowest BCUT2D eigenvalue weighted by atomic mass is 10.3. The molecule has 2 rings (SSSR count). The van der Waals surface area contributed by atoms with Gasteiger partial charge in [0.1, 0.15) is 18.1 Å². The molecule has 1 fully saturated rings. The maximum absolute atomic E-state index is 5.86. The highest BCUT2D eigenvalue weighted by atomic mass is 35.5. The van der Waals surface area contributed by atoms with Gasteiger partial charge in [-0.3, -0.25) is 4.90 Å². The van der Waals surface area contributed by atoms with Crippen molar-refractivity contribution in [2.24, 2.45) is 5.73 Å². The first-order chi connectivity index (χ1) is 8.78. The van der Waals surface area contributed by atoms with Crippen molar-refractivity contribution in [1.29, 1.82) is 0 Å². The second kappa shape index (κ2) is 8.25. The predicted octanol–water partition coefficient (Wildman–Crippen LogP) is 1.92. The first kappa shape index (κ1) is 16.1. The fourth-order valence-corrected chi connectivity index (χ4v) is 2.16. The summed E-state index contributed by atoms with van der Waals surface area (Å²) in [7, 11) is 0. The molecule has 0 unspecified atom stereocenters. The largest absolute Gasteiger partial charge is 0.494 e. The van der Waals surface area contributed by atoms with Gasteiger partial charge in [0, 0.05) is 19.1 Å². The molecule has 1 aliphatic rings. The summed E-state index contributed by atoms with van der Waals surface area (Å²) in [6.45, 7) is 6.41. The van der Waals surface area contributed by atoms with Gasteiger partial charge in [0.2, 0.25) is 0 Å². The van der Waals surface area contributed by atoms with Crippen molar-refractivity contribution in [1.82, 2.24) is 4.90 Å². The minimum atomic E-state index is 0. The molecule has 1 aliphatic heterocycles. The van der Waals surface area contributed by atoms with Crippen LogP contribution in [0.15, 0.2) is 24.3 Å². The van der Waals surface area contributed by atoms with Crippen LogP contribution >= 0.6 is 12.4 Å². The number of hydrogen-bond donors (Lipinski definition) is 1. The lowest BCUT2D eigenvalue weighted by Gasteiger charge is -2.15. The third-order valence-corrected chi connectivity index (χ3v) is 3.12. The second-order valence-corrected chi connectivity index (χ2v) is 4.60. The zero-order valence-corrected chi connectivity index (χ0v) is 12.2. The third kappa shape index (κ3) is 5.27. The molecule has 0 amide bonds. The molecule has 5 heteroatoms. The van der Waals surface area contributed by atoms with Crippen molar-refractivity contribution in [3.8, 4) is 11.5 Å². The SMILES string of the molecule is CCOc1ccc(OCCN2CC[C@@H](N)C2)cc1.Cl. The van der Waals surface area contributed by atoms with E-state index >= 15 is 0 Å². The molecule has 4 nitrogen and oxygen atoms in total. The van der Waals surface area contributed by atoms with E-state index in [4.69, 9.17) is 15.2 Å². The van der Waals surface area contributed by atoms with Gasteiger partial charge in [-0.05, 0) is 44.2 Å². The number of rotatable bonds is 6. The Morgan fingerprint density at radius 2 is 1.84 bits per heavy atom. The van der Waals surface area contributed by atoms with E-state index in [-0.39, 0.29) is 12.4 Å². The lowest BCUT2D eigenvalue weighted by Crippen LogP contribution is -2.29.